The Bertz CT molecular complexity index is 430. The van der Waals surface area contributed by atoms with Gasteiger partial charge in [0.1, 0.15) is 0 Å². The monoisotopic (exact) mass is 216 g/mol. The summed E-state index contributed by atoms with van der Waals surface area (Å²) in [6, 6.07) is 7.52. The summed E-state index contributed by atoms with van der Waals surface area (Å²) in [4.78, 5) is 12.4. The molecule has 2 nitrogen and oxygen atoms in total. The van der Waals surface area contributed by atoms with Gasteiger partial charge in [0.2, 0.25) is 0 Å². The number of carbonyl (C=O) groups excluding carboxylic acids is 1. The van der Waals surface area contributed by atoms with Crippen molar-refractivity contribution in [3.63, 3.8) is 0 Å². The molecule has 1 unspecified atom stereocenters. The molecule has 1 aromatic rings. The van der Waals surface area contributed by atoms with Gasteiger partial charge in [-0.2, -0.15) is 0 Å². The van der Waals surface area contributed by atoms with Gasteiger partial charge in [0.25, 0.3) is 0 Å². The molecule has 2 heteroatoms. The minimum absolute atomic E-state index is 0.176. The Labute approximate surface area is 95.3 Å². The Morgan fingerprint density at radius 2 is 1.81 bits per heavy atom. The SMILES string of the molecule is O=C1c2ccccc2C(O)C12CCCCC2. The van der Waals surface area contributed by atoms with Gasteiger partial charge in [0.15, 0.2) is 5.78 Å². The fraction of sp³-hybridized carbons (Fsp3) is 0.500. The van der Waals surface area contributed by atoms with Gasteiger partial charge in [0, 0.05) is 5.56 Å². The summed E-state index contributed by atoms with van der Waals surface area (Å²) in [6.45, 7) is 0. The zero-order valence-corrected chi connectivity index (χ0v) is 9.28. The van der Waals surface area contributed by atoms with E-state index in [4.69, 9.17) is 0 Å². The van der Waals surface area contributed by atoms with Crippen molar-refractivity contribution in [2.45, 2.75) is 38.2 Å². The summed E-state index contributed by atoms with van der Waals surface area (Å²) in [7, 11) is 0. The van der Waals surface area contributed by atoms with Crippen LogP contribution in [0.15, 0.2) is 24.3 Å². The highest BCUT2D eigenvalue weighted by atomic mass is 16.3. The number of fused-ring (bicyclic) bond motifs is 1. The minimum Gasteiger partial charge on any atom is -0.387 e. The molecule has 1 spiro atoms. The lowest BCUT2D eigenvalue weighted by Crippen LogP contribution is -2.33. The molecule has 0 saturated heterocycles. The fourth-order valence-corrected chi connectivity index (χ4v) is 3.32. The first kappa shape index (κ1) is 10.0. The summed E-state index contributed by atoms with van der Waals surface area (Å²) in [5.41, 5.74) is 1.10. The molecule has 2 aliphatic carbocycles. The molecule has 84 valence electrons. The van der Waals surface area contributed by atoms with E-state index in [9.17, 15) is 9.90 Å². The first-order valence-corrected chi connectivity index (χ1v) is 6.07. The first-order valence-electron chi connectivity index (χ1n) is 6.07. The lowest BCUT2D eigenvalue weighted by atomic mass is 9.70. The number of Topliss-reactive ketones (excluding diaryl/α,β-unsaturated/α-hetero) is 1. The van der Waals surface area contributed by atoms with Crippen LogP contribution >= 0.6 is 0 Å². The van der Waals surface area contributed by atoms with E-state index in [1.807, 2.05) is 24.3 Å². The molecule has 0 radical (unpaired) electrons. The second-order valence-corrected chi connectivity index (χ2v) is 5.04. The van der Waals surface area contributed by atoms with Gasteiger partial charge in [-0.3, -0.25) is 4.79 Å². The Kier molecular flexibility index (Phi) is 2.15. The van der Waals surface area contributed by atoms with E-state index in [2.05, 4.69) is 0 Å². The van der Waals surface area contributed by atoms with E-state index in [0.29, 0.717) is 0 Å². The van der Waals surface area contributed by atoms with Crippen molar-refractivity contribution < 1.29 is 9.90 Å². The molecule has 0 aromatic heterocycles. The van der Waals surface area contributed by atoms with Crippen molar-refractivity contribution >= 4 is 5.78 Å². The van der Waals surface area contributed by atoms with Crippen molar-refractivity contribution in [2.24, 2.45) is 5.41 Å². The number of aliphatic hydroxyl groups is 1. The Morgan fingerprint density at radius 3 is 2.50 bits per heavy atom. The fourth-order valence-electron chi connectivity index (χ4n) is 3.32. The van der Waals surface area contributed by atoms with Crippen LogP contribution in [0.4, 0.5) is 0 Å². The van der Waals surface area contributed by atoms with E-state index in [0.717, 1.165) is 36.8 Å². The van der Waals surface area contributed by atoms with E-state index >= 15 is 0 Å². The quantitative estimate of drug-likeness (QED) is 0.724. The van der Waals surface area contributed by atoms with Crippen molar-refractivity contribution in [3.05, 3.63) is 35.4 Å². The number of hydrogen-bond acceptors (Lipinski definition) is 2. The van der Waals surface area contributed by atoms with Crippen LogP contribution in [0.2, 0.25) is 0 Å². The predicted molar refractivity (Wildman–Crippen MR) is 61.3 cm³/mol. The third kappa shape index (κ3) is 1.14. The van der Waals surface area contributed by atoms with Crippen molar-refractivity contribution in [3.8, 4) is 0 Å². The maximum absolute atomic E-state index is 12.4. The number of hydrogen-bond donors (Lipinski definition) is 1. The molecule has 0 amide bonds. The number of benzene rings is 1. The number of aliphatic hydroxyl groups excluding tert-OH is 1. The summed E-state index contributed by atoms with van der Waals surface area (Å²) >= 11 is 0. The molecular weight excluding hydrogens is 200 g/mol. The van der Waals surface area contributed by atoms with E-state index in [1.54, 1.807) is 0 Å². The van der Waals surface area contributed by atoms with Gasteiger partial charge in [-0.1, -0.05) is 43.5 Å². The average Bonchev–Trinajstić information content (AvgIpc) is 2.55. The second kappa shape index (κ2) is 3.42. The molecule has 1 saturated carbocycles. The summed E-state index contributed by atoms with van der Waals surface area (Å²) in [5.74, 6) is 0.176. The topological polar surface area (TPSA) is 37.3 Å². The maximum atomic E-state index is 12.4. The highest BCUT2D eigenvalue weighted by Crippen LogP contribution is 2.53. The van der Waals surface area contributed by atoms with E-state index < -0.39 is 11.5 Å². The van der Waals surface area contributed by atoms with Gasteiger partial charge in [0.05, 0.1) is 11.5 Å². The summed E-state index contributed by atoms with van der Waals surface area (Å²) < 4.78 is 0. The summed E-state index contributed by atoms with van der Waals surface area (Å²) in [6.07, 6.45) is 4.45. The van der Waals surface area contributed by atoms with Crippen LogP contribution in [0.1, 0.15) is 54.1 Å². The largest absolute Gasteiger partial charge is 0.387 e. The lowest BCUT2D eigenvalue weighted by Gasteiger charge is -2.34. The van der Waals surface area contributed by atoms with Crippen LogP contribution in [0.3, 0.4) is 0 Å². The summed E-state index contributed by atoms with van der Waals surface area (Å²) in [5, 5.41) is 10.4. The Hall–Kier alpha value is -1.15. The molecule has 3 rings (SSSR count). The van der Waals surface area contributed by atoms with Crippen LogP contribution in [-0.2, 0) is 0 Å². The zero-order chi connectivity index (χ0) is 11.2. The van der Waals surface area contributed by atoms with Gasteiger partial charge >= 0.3 is 0 Å². The average molecular weight is 216 g/mol. The maximum Gasteiger partial charge on any atom is 0.172 e. The van der Waals surface area contributed by atoms with E-state index in [1.165, 1.54) is 6.42 Å². The Morgan fingerprint density at radius 1 is 1.12 bits per heavy atom. The normalized spacial score (nSPS) is 27.1. The van der Waals surface area contributed by atoms with Crippen LogP contribution in [0.25, 0.3) is 0 Å². The smallest absolute Gasteiger partial charge is 0.172 e. The van der Waals surface area contributed by atoms with Gasteiger partial charge in [-0.05, 0) is 18.4 Å². The molecule has 0 aliphatic heterocycles. The van der Waals surface area contributed by atoms with Crippen molar-refractivity contribution in [2.75, 3.05) is 0 Å². The third-order valence-corrected chi connectivity index (χ3v) is 4.22. The zero-order valence-electron chi connectivity index (χ0n) is 9.28. The molecule has 2 aliphatic rings. The van der Waals surface area contributed by atoms with Crippen molar-refractivity contribution in [1.82, 2.24) is 0 Å². The lowest BCUT2D eigenvalue weighted by molar-refractivity contribution is 0.0145. The third-order valence-electron chi connectivity index (χ3n) is 4.22. The van der Waals surface area contributed by atoms with Gasteiger partial charge in [-0.25, -0.2) is 0 Å². The molecule has 0 heterocycles. The van der Waals surface area contributed by atoms with Crippen molar-refractivity contribution in [1.29, 1.82) is 0 Å². The molecule has 1 atom stereocenters. The molecule has 16 heavy (non-hydrogen) atoms. The molecular formula is C14H16O2. The minimum atomic E-state index is -0.573. The standard InChI is InChI=1S/C14H16O2/c15-12-10-6-2-3-7-11(10)13(16)14(12)8-4-1-5-9-14/h2-3,6-7,12,15H,1,4-5,8-9H2. The van der Waals surface area contributed by atoms with Gasteiger partial charge in [-0.15, -0.1) is 0 Å². The number of rotatable bonds is 0. The number of ketones is 1. The molecule has 1 fully saturated rings. The predicted octanol–water partition coefficient (Wildman–Crippen LogP) is 2.87. The van der Waals surface area contributed by atoms with Gasteiger partial charge < -0.3 is 5.11 Å². The number of carbonyl (C=O) groups is 1. The van der Waals surface area contributed by atoms with Crippen LogP contribution < -0.4 is 0 Å². The van der Waals surface area contributed by atoms with E-state index in [-0.39, 0.29) is 5.78 Å². The Balaban J connectivity index is 2.09. The van der Waals surface area contributed by atoms with Crippen LogP contribution in [0.5, 0.6) is 0 Å². The highest BCUT2D eigenvalue weighted by Gasteiger charge is 2.52. The second-order valence-electron chi connectivity index (χ2n) is 5.04. The highest BCUT2D eigenvalue weighted by molar-refractivity contribution is 6.05. The molecule has 1 aromatic carbocycles. The first-order chi connectivity index (χ1) is 7.76. The van der Waals surface area contributed by atoms with Crippen LogP contribution in [-0.4, -0.2) is 10.9 Å². The van der Waals surface area contributed by atoms with Crippen LogP contribution in [0, 0.1) is 5.41 Å². The molecule has 1 N–H and O–H groups in total. The molecule has 0 bridgehead atoms.